The third-order valence-electron chi connectivity index (χ3n) is 2.93. The Labute approximate surface area is 117 Å². The number of carbonyl (C=O) groups is 1. The van der Waals surface area contributed by atoms with E-state index < -0.39 is 0 Å². The molecule has 0 radical (unpaired) electrons. The summed E-state index contributed by atoms with van der Waals surface area (Å²) in [7, 11) is 0. The van der Waals surface area contributed by atoms with Gasteiger partial charge in [-0.25, -0.2) is 4.98 Å². The van der Waals surface area contributed by atoms with Gasteiger partial charge < -0.3 is 5.32 Å². The molecule has 0 saturated heterocycles. The summed E-state index contributed by atoms with van der Waals surface area (Å²) in [6, 6.07) is 8.85. The minimum absolute atomic E-state index is 0.109. The predicted molar refractivity (Wildman–Crippen MR) is 76.7 cm³/mol. The molecule has 0 unspecified atom stereocenters. The smallest absolute Gasteiger partial charge is 0.253 e. The van der Waals surface area contributed by atoms with Crippen molar-refractivity contribution in [2.45, 2.75) is 20.4 Å². The molecule has 0 aliphatic carbocycles. The van der Waals surface area contributed by atoms with Gasteiger partial charge in [-0.15, -0.1) is 0 Å². The lowest BCUT2D eigenvalue weighted by molar-refractivity contribution is 0.0952. The Morgan fingerprint density at radius 1 is 1.30 bits per heavy atom. The van der Waals surface area contributed by atoms with Crippen molar-refractivity contribution in [1.29, 1.82) is 0 Å². The summed E-state index contributed by atoms with van der Waals surface area (Å²) in [6.07, 6.45) is 1.50. The number of benzene rings is 1. The summed E-state index contributed by atoms with van der Waals surface area (Å²) in [5.74, 6) is -0.137. The summed E-state index contributed by atoms with van der Waals surface area (Å²) in [5.41, 5.74) is 2.24. The van der Waals surface area contributed by atoms with Crippen LogP contribution in [0.4, 0.5) is 0 Å². The summed E-state index contributed by atoms with van der Waals surface area (Å²) in [6.45, 7) is 4.50. The van der Waals surface area contributed by atoms with Crippen LogP contribution in [0.3, 0.4) is 0 Å². The second kappa shape index (κ2) is 6.14. The van der Waals surface area contributed by atoms with Crippen LogP contribution in [-0.2, 0) is 6.54 Å². The summed E-state index contributed by atoms with van der Waals surface area (Å²) >= 11 is 0. The number of hydrogen-bond acceptors (Lipinski definition) is 3. The van der Waals surface area contributed by atoms with Crippen molar-refractivity contribution >= 4 is 5.91 Å². The van der Waals surface area contributed by atoms with Crippen LogP contribution >= 0.6 is 0 Å². The Bertz CT molecular complexity index is 677. The Morgan fingerprint density at radius 3 is 2.80 bits per heavy atom. The molecule has 1 amide bonds. The molecular formula is C15H17N3O2. The minimum Gasteiger partial charge on any atom is -0.350 e. The zero-order valence-corrected chi connectivity index (χ0v) is 11.6. The van der Waals surface area contributed by atoms with Crippen LogP contribution in [0.5, 0.6) is 0 Å². The van der Waals surface area contributed by atoms with E-state index in [1.807, 2.05) is 25.1 Å². The van der Waals surface area contributed by atoms with Gasteiger partial charge in [-0.3, -0.25) is 14.2 Å². The van der Waals surface area contributed by atoms with Crippen LogP contribution in [0.25, 0.3) is 0 Å². The number of nitrogens with zero attached hydrogens (tertiary/aromatic N) is 2. The highest BCUT2D eigenvalue weighted by Gasteiger charge is 2.04. The molecule has 5 nitrogen and oxygen atoms in total. The van der Waals surface area contributed by atoms with Crippen molar-refractivity contribution in [3.8, 4) is 0 Å². The number of rotatable bonds is 4. The molecule has 2 aromatic rings. The highest BCUT2D eigenvalue weighted by molar-refractivity contribution is 5.94. The molecule has 0 spiro atoms. The summed E-state index contributed by atoms with van der Waals surface area (Å²) in [5, 5.41) is 2.79. The van der Waals surface area contributed by atoms with E-state index in [1.54, 1.807) is 13.0 Å². The van der Waals surface area contributed by atoms with Gasteiger partial charge in [0.2, 0.25) is 0 Å². The van der Waals surface area contributed by atoms with Gasteiger partial charge in [-0.05, 0) is 26.0 Å². The maximum Gasteiger partial charge on any atom is 0.253 e. The SMILES string of the molecule is Cc1cccc(C(=O)NCCn2cnc(C)cc2=O)c1. The zero-order chi connectivity index (χ0) is 14.5. The fraction of sp³-hybridized carbons (Fsp3) is 0.267. The number of amides is 1. The van der Waals surface area contributed by atoms with E-state index in [0.717, 1.165) is 5.56 Å². The molecule has 20 heavy (non-hydrogen) atoms. The standard InChI is InChI=1S/C15H17N3O2/c1-11-4-3-5-13(8-11)15(20)16-6-7-18-10-17-12(2)9-14(18)19/h3-5,8-10H,6-7H2,1-2H3,(H,16,20). The second-order valence-corrected chi connectivity index (χ2v) is 4.69. The Hall–Kier alpha value is -2.43. The van der Waals surface area contributed by atoms with Crippen molar-refractivity contribution < 1.29 is 4.79 Å². The van der Waals surface area contributed by atoms with Crippen molar-refractivity contribution in [2.75, 3.05) is 6.54 Å². The van der Waals surface area contributed by atoms with Gasteiger partial charge in [-0.1, -0.05) is 17.7 Å². The quantitative estimate of drug-likeness (QED) is 0.911. The molecule has 5 heteroatoms. The van der Waals surface area contributed by atoms with E-state index in [4.69, 9.17) is 0 Å². The van der Waals surface area contributed by atoms with Crippen LogP contribution in [0.2, 0.25) is 0 Å². The third kappa shape index (κ3) is 3.54. The molecule has 0 atom stereocenters. The zero-order valence-electron chi connectivity index (χ0n) is 11.6. The number of aromatic nitrogens is 2. The topological polar surface area (TPSA) is 64.0 Å². The molecular weight excluding hydrogens is 254 g/mol. The Balaban J connectivity index is 1.93. The lowest BCUT2D eigenvalue weighted by Gasteiger charge is -2.07. The van der Waals surface area contributed by atoms with Crippen LogP contribution in [-0.4, -0.2) is 22.0 Å². The maximum absolute atomic E-state index is 11.9. The van der Waals surface area contributed by atoms with Gasteiger partial charge in [0, 0.05) is 30.4 Å². The minimum atomic E-state index is -0.137. The molecule has 0 saturated carbocycles. The van der Waals surface area contributed by atoms with Crippen LogP contribution in [0.1, 0.15) is 21.6 Å². The van der Waals surface area contributed by atoms with Crippen molar-refractivity contribution in [3.63, 3.8) is 0 Å². The molecule has 1 aromatic carbocycles. The number of carbonyl (C=O) groups excluding carboxylic acids is 1. The van der Waals surface area contributed by atoms with E-state index in [2.05, 4.69) is 10.3 Å². The summed E-state index contributed by atoms with van der Waals surface area (Å²) < 4.78 is 1.48. The lowest BCUT2D eigenvalue weighted by atomic mass is 10.1. The highest BCUT2D eigenvalue weighted by atomic mass is 16.1. The van der Waals surface area contributed by atoms with E-state index in [-0.39, 0.29) is 11.5 Å². The molecule has 2 rings (SSSR count). The molecule has 1 aromatic heterocycles. The monoisotopic (exact) mass is 271 g/mol. The lowest BCUT2D eigenvalue weighted by Crippen LogP contribution is -2.30. The fourth-order valence-corrected chi connectivity index (χ4v) is 1.86. The van der Waals surface area contributed by atoms with E-state index in [0.29, 0.717) is 24.3 Å². The maximum atomic E-state index is 11.9. The van der Waals surface area contributed by atoms with Gasteiger partial charge in [0.05, 0.1) is 6.33 Å². The van der Waals surface area contributed by atoms with E-state index in [1.165, 1.54) is 17.0 Å². The van der Waals surface area contributed by atoms with Crippen LogP contribution < -0.4 is 10.9 Å². The molecule has 0 fully saturated rings. The predicted octanol–water partition coefficient (Wildman–Crippen LogP) is 1.29. The Kier molecular flexibility index (Phi) is 4.30. The van der Waals surface area contributed by atoms with Crippen LogP contribution in [0.15, 0.2) is 41.5 Å². The molecule has 1 heterocycles. The first-order chi connectivity index (χ1) is 9.56. The van der Waals surface area contributed by atoms with Gasteiger partial charge in [-0.2, -0.15) is 0 Å². The Morgan fingerprint density at radius 2 is 2.10 bits per heavy atom. The van der Waals surface area contributed by atoms with E-state index in [9.17, 15) is 9.59 Å². The first kappa shape index (κ1) is 14.0. The van der Waals surface area contributed by atoms with E-state index >= 15 is 0 Å². The largest absolute Gasteiger partial charge is 0.350 e. The molecule has 104 valence electrons. The van der Waals surface area contributed by atoms with Gasteiger partial charge in [0.25, 0.3) is 11.5 Å². The second-order valence-electron chi connectivity index (χ2n) is 4.69. The van der Waals surface area contributed by atoms with Gasteiger partial charge >= 0.3 is 0 Å². The summed E-state index contributed by atoms with van der Waals surface area (Å²) in [4.78, 5) is 27.6. The average molecular weight is 271 g/mol. The molecule has 0 bridgehead atoms. The molecule has 0 aliphatic rings. The number of aryl methyl sites for hydroxylation is 2. The van der Waals surface area contributed by atoms with Crippen molar-refractivity contribution in [3.05, 3.63) is 63.8 Å². The van der Waals surface area contributed by atoms with Crippen molar-refractivity contribution in [1.82, 2.24) is 14.9 Å². The first-order valence-electron chi connectivity index (χ1n) is 6.44. The van der Waals surface area contributed by atoms with Crippen LogP contribution in [0, 0.1) is 13.8 Å². The highest BCUT2D eigenvalue weighted by Crippen LogP contribution is 2.03. The number of nitrogens with one attached hydrogen (secondary N) is 1. The van der Waals surface area contributed by atoms with Crippen molar-refractivity contribution in [2.24, 2.45) is 0 Å². The first-order valence-corrected chi connectivity index (χ1v) is 6.44. The number of hydrogen-bond donors (Lipinski definition) is 1. The normalized spacial score (nSPS) is 10.3. The third-order valence-corrected chi connectivity index (χ3v) is 2.93. The average Bonchev–Trinajstić information content (AvgIpc) is 2.41. The fourth-order valence-electron chi connectivity index (χ4n) is 1.86. The molecule has 0 aliphatic heterocycles. The molecule has 1 N–H and O–H groups in total. The van der Waals surface area contributed by atoms with Gasteiger partial charge in [0.15, 0.2) is 0 Å². The van der Waals surface area contributed by atoms with Gasteiger partial charge in [0.1, 0.15) is 0 Å².